The first-order chi connectivity index (χ1) is 9.31. The Balaban J connectivity index is 1.48. The molecule has 1 heterocycles. The minimum absolute atomic E-state index is 0.379. The van der Waals surface area contributed by atoms with Gasteiger partial charge in [-0.1, -0.05) is 18.2 Å². The average molecular weight is 261 g/mol. The Kier molecular flexibility index (Phi) is 3.76. The second kappa shape index (κ2) is 5.51. The summed E-state index contributed by atoms with van der Waals surface area (Å²) in [6, 6.07) is 8.43. The highest BCUT2D eigenvalue weighted by molar-refractivity contribution is 5.37. The Labute approximate surface area is 115 Å². The van der Waals surface area contributed by atoms with E-state index in [9.17, 15) is 0 Å². The molecule has 3 rings (SSSR count). The van der Waals surface area contributed by atoms with Crippen LogP contribution in [-0.2, 0) is 11.2 Å². The van der Waals surface area contributed by atoms with Crippen LogP contribution in [0.15, 0.2) is 24.3 Å². The number of hydrogen-bond acceptors (Lipinski definition) is 3. The maximum Gasteiger partial charge on any atom is 0.123 e. The number of benzene rings is 1. The fourth-order valence-electron chi connectivity index (χ4n) is 3.01. The van der Waals surface area contributed by atoms with Crippen molar-refractivity contribution < 1.29 is 9.47 Å². The van der Waals surface area contributed by atoms with E-state index < -0.39 is 0 Å². The van der Waals surface area contributed by atoms with Crippen LogP contribution in [0, 0.1) is 5.41 Å². The van der Waals surface area contributed by atoms with Gasteiger partial charge >= 0.3 is 0 Å². The van der Waals surface area contributed by atoms with Gasteiger partial charge in [-0.15, -0.1) is 0 Å². The van der Waals surface area contributed by atoms with Crippen molar-refractivity contribution in [2.75, 3.05) is 26.8 Å². The number of rotatable bonds is 7. The van der Waals surface area contributed by atoms with Crippen molar-refractivity contribution in [3.8, 4) is 5.75 Å². The van der Waals surface area contributed by atoms with Gasteiger partial charge in [0.2, 0.25) is 0 Å². The molecule has 0 radical (unpaired) electrons. The summed E-state index contributed by atoms with van der Waals surface area (Å²) < 4.78 is 11.1. The third-order valence-corrected chi connectivity index (χ3v) is 4.31. The summed E-state index contributed by atoms with van der Waals surface area (Å²) in [5, 5.41) is 3.50. The molecule has 19 heavy (non-hydrogen) atoms. The van der Waals surface area contributed by atoms with E-state index in [1.165, 1.54) is 24.8 Å². The molecule has 1 atom stereocenters. The van der Waals surface area contributed by atoms with Crippen molar-refractivity contribution in [1.29, 1.82) is 0 Å². The van der Waals surface area contributed by atoms with Gasteiger partial charge in [0.25, 0.3) is 0 Å². The number of hydrogen-bond donors (Lipinski definition) is 1. The second-order valence-electron chi connectivity index (χ2n) is 5.93. The molecule has 1 fully saturated rings. The zero-order chi connectivity index (χ0) is 13.1. The molecule has 1 aromatic carbocycles. The maximum atomic E-state index is 6.06. The van der Waals surface area contributed by atoms with Gasteiger partial charge in [0.05, 0.1) is 6.61 Å². The molecule has 1 N–H and O–H groups in total. The lowest BCUT2D eigenvalue weighted by Crippen LogP contribution is -2.30. The van der Waals surface area contributed by atoms with Crippen molar-refractivity contribution in [2.24, 2.45) is 5.41 Å². The molecule has 3 nitrogen and oxygen atoms in total. The van der Waals surface area contributed by atoms with E-state index in [1.807, 2.05) is 0 Å². The highest BCUT2D eigenvalue weighted by atomic mass is 16.5. The Morgan fingerprint density at radius 2 is 2.21 bits per heavy atom. The van der Waals surface area contributed by atoms with Crippen molar-refractivity contribution in [3.63, 3.8) is 0 Å². The molecular weight excluding hydrogens is 238 g/mol. The molecule has 0 aromatic heterocycles. The Bertz CT molecular complexity index is 404. The van der Waals surface area contributed by atoms with Crippen LogP contribution in [0.1, 0.15) is 24.8 Å². The minimum Gasteiger partial charge on any atom is -0.490 e. The summed E-state index contributed by atoms with van der Waals surface area (Å²) >= 11 is 0. The van der Waals surface area contributed by atoms with E-state index in [0.29, 0.717) is 11.5 Å². The molecule has 0 bridgehead atoms. The fraction of sp³-hybridized carbons (Fsp3) is 0.625. The van der Waals surface area contributed by atoms with Gasteiger partial charge in [-0.2, -0.15) is 0 Å². The van der Waals surface area contributed by atoms with E-state index in [-0.39, 0.29) is 0 Å². The molecule has 1 aliphatic carbocycles. The van der Waals surface area contributed by atoms with Crippen LogP contribution >= 0.6 is 0 Å². The van der Waals surface area contributed by atoms with Crippen LogP contribution in [0.2, 0.25) is 0 Å². The van der Waals surface area contributed by atoms with E-state index in [0.717, 1.165) is 31.9 Å². The van der Waals surface area contributed by atoms with Crippen LogP contribution in [-0.4, -0.2) is 32.9 Å². The molecule has 2 aliphatic rings. The standard InChI is InChI=1S/C16H23NO2/c1-18-9-8-17-12-16(6-7-16)11-14-10-13-4-2-3-5-15(13)19-14/h2-5,14,17H,6-12H2,1H3. The molecule has 0 saturated heterocycles. The third kappa shape index (κ3) is 3.10. The van der Waals surface area contributed by atoms with Crippen LogP contribution in [0.4, 0.5) is 0 Å². The smallest absolute Gasteiger partial charge is 0.123 e. The lowest BCUT2D eigenvalue weighted by Gasteiger charge is -2.20. The van der Waals surface area contributed by atoms with Gasteiger partial charge in [0.1, 0.15) is 11.9 Å². The van der Waals surface area contributed by atoms with Gasteiger partial charge < -0.3 is 14.8 Å². The topological polar surface area (TPSA) is 30.5 Å². The molecular formula is C16H23NO2. The quantitative estimate of drug-likeness (QED) is 0.765. The maximum absolute atomic E-state index is 6.06. The summed E-state index contributed by atoms with van der Waals surface area (Å²) in [6.07, 6.45) is 5.31. The second-order valence-corrected chi connectivity index (χ2v) is 5.93. The summed E-state index contributed by atoms with van der Waals surface area (Å²) in [7, 11) is 1.75. The van der Waals surface area contributed by atoms with Crippen LogP contribution in [0.25, 0.3) is 0 Å². The molecule has 1 unspecified atom stereocenters. The Morgan fingerprint density at radius 1 is 1.37 bits per heavy atom. The summed E-state index contributed by atoms with van der Waals surface area (Å²) in [5.41, 5.74) is 1.86. The normalized spacial score (nSPS) is 22.9. The summed E-state index contributed by atoms with van der Waals surface area (Å²) in [5.74, 6) is 1.09. The molecule has 1 aliphatic heterocycles. The Hall–Kier alpha value is -1.06. The van der Waals surface area contributed by atoms with E-state index in [2.05, 4.69) is 29.6 Å². The highest BCUT2D eigenvalue weighted by Crippen LogP contribution is 2.50. The molecule has 1 aromatic rings. The lowest BCUT2D eigenvalue weighted by molar-refractivity contribution is 0.176. The zero-order valence-corrected chi connectivity index (χ0v) is 11.7. The van der Waals surface area contributed by atoms with E-state index >= 15 is 0 Å². The first-order valence-corrected chi connectivity index (χ1v) is 7.26. The van der Waals surface area contributed by atoms with Gasteiger partial charge in [-0.25, -0.2) is 0 Å². The van der Waals surface area contributed by atoms with Crippen LogP contribution < -0.4 is 10.1 Å². The molecule has 104 valence electrons. The summed E-state index contributed by atoms with van der Waals surface area (Å²) in [4.78, 5) is 0. The SMILES string of the molecule is COCCNCC1(CC2Cc3ccccc3O2)CC1. The molecule has 1 saturated carbocycles. The summed E-state index contributed by atoms with van der Waals surface area (Å²) in [6.45, 7) is 2.85. The molecule has 0 spiro atoms. The predicted molar refractivity (Wildman–Crippen MR) is 75.6 cm³/mol. The van der Waals surface area contributed by atoms with Gasteiger partial charge in [-0.3, -0.25) is 0 Å². The highest BCUT2D eigenvalue weighted by Gasteiger charge is 2.45. The number of methoxy groups -OCH3 is 1. The molecule has 0 amide bonds. The van der Waals surface area contributed by atoms with Gasteiger partial charge in [0, 0.05) is 26.6 Å². The minimum atomic E-state index is 0.379. The predicted octanol–water partition coefficient (Wildman–Crippen LogP) is 2.40. The first-order valence-electron chi connectivity index (χ1n) is 7.26. The number of para-hydroxylation sites is 1. The monoisotopic (exact) mass is 261 g/mol. The van der Waals surface area contributed by atoms with Crippen molar-refractivity contribution in [2.45, 2.75) is 31.8 Å². The number of nitrogens with one attached hydrogen (secondary N) is 1. The third-order valence-electron chi connectivity index (χ3n) is 4.31. The Morgan fingerprint density at radius 3 is 2.95 bits per heavy atom. The number of fused-ring (bicyclic) bond motifs is 1. The van der Waals surface area contributed by atoms with Crippen molar-refractivity contribution in [1.82, 2.24) is 5.32 Å². The lowest BCUT2D eigenvalue weighted by atomic mass is 9.96. The van der Waals surface area contributed by atoms with Crippen LogP contribution in [0.5, 0.6) is 5.75 Å². The van der Waals surface area contributed by atoms with Gasteiger partial charge in [0.15, 0.2) is 0 Å². The van der Waals surface area contributed by atoms with Gasteiger partial charge in [-0.05, 0) is 36.3 Å². The zero-order valence-electron chi connectivity index (χ0n) is 11.7. The fourth-order valence-corrected chi connectivity index (χ4v) is 3.01. The first kappa shape index (κ1) is 12.9. The molecule has 3 heteroatoms. The largest absolute Gasteiger partial charge is 0.490 e. The van der Waals surface area contributed by atoms with E-state index in [1.54, 1.807) is 7.11 Å². The number of ether oxygens (including phenoxy) is 2. The average Bonchev–Trinajstić information content (AvgIpc) is 3.04. The van der Waals surface area contributed by atoms with Crippen molar-refractivity contribution in [3.05, 3.63) is 29.8 Å². The van der Waals surface area contributed by atoms with Crippen molar-refractivity contribution >= 4 is 0 Å². The van der Waals surface area contributed by atoms with Crippen LogP contribution in [0.3, 0.4) is 0 Å². The van der Waals surface area contributed by atoms with E-state index in [4.69, 9.17) is 9.47 Å².